The van der Waals surface area contributed by atoms with E-state index in [4.69, 9.17) is 4.74 Å². The van der Waals surface area contributed by atoms with E-state index in [-0.39, 0.29) is 16.7 Å². The Morgan fingerprint density at radius 3 is 2.80 bits per heavy atom. The molecular weight excluding hydrogens is 438 g/mol. The molecule has 4 aliphatic rings. The van der Waals surface area contributed by atoms with Gasteiger partial charge in [0, 0.05) is 30.8 Å². The van der Waals surface area contributed by atoms with Crippen LogP contribution >= 0.6 is 0 Å². The van der Waals surface area contributed by atoms with Crippen LogP contribution in [0.2, 0.25) is 0 Å². The maximum atomic E-state index is 13.6. The zero-order chi connectivity index (χ0) is 24.4. The largest absolute Gasteiger partial charge is 0.390 e. The smallest absolute Gasteiger partial charge is 0.181 e. The van der Waals surface area contributed by atoms with Gasteiger partial charge in [-0.3, -0.25) is 9.48 Å². The van der Waals surface area contributed by atoms with Crippen LogP contribution in [-0.4, -0.2) is 45.0 Å². The normalized spacial score (nSPS) is 42.9. The Kier molecular flexibility index (Phi) is 5.65. The monoisotopic (exact) mass is 479 g/mol. The Morgan fingerprint density at radius 2 is 2.00 bits per heavy atom. The van der Waals surface area contributed by atoms with Gasteiger partial charge < -0.3 is 9.84 Å². The third-order valence-corrected chi connectivity index (χ3v) is 11.1. The van der Waals surface area contributed by atoms with Gasteiger partial charge in [0.25, 0.3) is 0 Å². The molecule has 6 rings (SSSR count). The summed E-state index contributed by atoms with van der Waals surface area (Å²) in [6.07, 6.45) is 13.5. The van der Waals surface area contributed by atoms with Crippen LogP contribution in [0.1, 0.15) is 71.6 Å². The lowest BCUT2D eigenvalue weighted by molar-refractivity contribution is -0.175. The van der Waals surface area contributed by atoms with Gasteiger partial charge in [-0.1, -0.05) is 6.92 Å². The van der Waals surface area contributed by atoms with Crippen LogP contribution in [0.5, 0.6) is 0 Å². The van der Waals surface area contributed by atoms with Gasteiger partial charge in [-0.2, -0.15) is 5.10 Å². The highest BCUT2D eigenvalue weighted by Crippen LogP contribution is 2.68. The minimum atomic E-state index is -0.532. The second-order valence-corrected chi connectivity index (χ2v) is 12.9. The van der Waals surface area contributed by atoms with Gasteiger partial charge in [0.05, 0.1) is 18.8 Å². The number of pyridine rings is 1. The molecule has 1 N–H and O–H groups in total. The summed E-state index contributed by atoms with van der Waals surface area (Å²) in [5.74, 6) is 2.97. The number of carbonyl (C=O) groups excluding carboxylic acids is 1. The molecule has 0 aromatic carbocycles. The van der Waals surface area contributed by atoms with Crippen molar-refractivity contribution in [2.75, 3.05) is 13.7 Å². The first-order valence-electron chi connectivity index (χ1n) is 13.8. The van der Waals surface area contributed by atoms with Gasteiger partial charge in [-0.25, -0.2) is 4.98 Å². The van der Waals surface area contributed by atoms with E-state index in [1.807, 2.05) is 32.4 Å². The van der Waals surface area contributed by atoms with Crippen LogP contribution < -0.4 is 0 Å². The van der Waals surface area contributed by atoms with Crippen LogP contribution in [0.25, 0.3) is 11.0 Å². The van der Waals surface area contributed by atoms with E-state index < -0.39 is 5.60 Å². The number of aliphatic hydroxyl groups is 1. The van der Waals surface area contributed by atoms with Crippen molar-refractivity contribution >= 4 is 16.8 Å². The lowest BCUT2D eigenvalue weighted by Gasteiger charge is -2.62. The fraction of sp³-hybridized carbons (Fsp3) is 0.759. The van der Waals surface area contributed by atoms with Gasteiger partial charge in [-0.15, -0.1) is 0 Å². The molecule has 0 saturated heterocycles. The van der Waals surface area contributed by atoms with Gasteiger partial charge in [0.1, 0.15) is 0 Å². The van der Waals surface area contributed by atoms with E-state index >= 15 is 0 Å². The first-order valence-corrected chi connectivity index (χ1v) is 13.8. The summed E-state index contributed by atoms with van der Waals surface area (Å²) in [7, 11) is 1.85. The second-order valence-electron chi connectivity index (χ2n) is 12.9. The number of ketones is 1. The molecule has 6 heteroatoms. The Hall–Kier alpha value is -1.79. The molecule has 2 aromatic rings. The Labute approximate surface area is 208 Å². The van der Waals surface area contributed by atoms with Crippen molar-refractivity contribution in [1.82, 2.24) is 14.8 Å². The average molecular weight is 480 g/mol. The van der Waals surface area contributed by atoms with E-state index in [0.717, 1.165) is 44.1 Å². The van der Waals surface area contributed by atoms with Crippen LogP contribution in [0.3, 0.4) is 0 Å². The van der Waals surface area contributed by atoms with Crippen molar-refractivity contribution in [2.24, 2.45) is 40.4 Å². The Morgan fingerprint density at radius 1 is 1.14 bits per heavy atom. The van der Waals surface area contributed by atoms with E-state index in [9.17, 15) is 9.90 Å². The quantitative estimate of drug-likeness (QED) is 0.650. The van der Waals surface area contributed by atoms with Crippen molar-refractivity contribution in [1.29, 1.82) is 0 Å². The molecule has 0 spiro atoms. The maximum absolute atomic E-state index is 13.6. The molecule has 4 aliphatic carbocycles. The van der Waals surface area contributed by atoms with Crippen LogP contribution in [0.15, 0.2) is 24.5 Å². The Balaban J connectivity index is 1.23. The van der Waals surface area contributed by atoms with E-state index in [1.54, 1.807) is 10.9 Å². The van der Waals surface area contributed by atoms with E-state index in [2.05, 4.69) is 17.0 Å². The van der Waals surface area contributed by atoms with Gasteiger partial charge in [0.15, 0.2) is 11.4 Å². The topological polar surface area (TPSA) is 77.2 Å². The molecule has 0 unspecified atom stereocenters. The van der Waals surface area contributed by atoms with Crippen molar-refractivity contribution < 1.29 is 14.6 Å². The highest BCUT2D eigenvalue weighted by atomic mass is 16.5. The molecule has 6 nitrogen and oxygen atoms in total. The number of nitrogens with zero attached hydrogens (tertiary/aromatic N) is 3. The highest BCUT2D eigenvalue weighted by Gasteiger charge is 2.63. The maximum Gasteiger partial charge on any atom is 0.181 e. The molecule has 0 bridgehead atoms. The molecule has 8 atom stereocenters. The predicted molar refractivity (Wildman–Crippen MR) is 135 cm³/mol. The molecule has 0 aliphatic heterocycles. The van der Waals surface area contributed by atoms with Gasteiger partial charge in [-0.05, 0) is 111 Å². The van der Waals surface area contributed by atoms with Gasteiger partial charge in [0.2, 0.25) is 0 Å². The SMILES string of the molecule is COC[C@]12CC[C@@](C)(O)C[C@@H]1CC[C@H]1[C@@H]3CC[C@H](C(=O)Cn4cc5cccnc5n4)[C@@]3(C)CC[C@@H]12. The number of carbonyl (C=O) groups is 1. The number of methoxy groups -OCH3 is 1. The fourth-order valence-electron chi connectivity index (χ4n) is 9.57. The number of hydrogen-bond donors (Lipinski definition) is 1. The molecule has 35 heavy (non-hydrogen) atoms. The van der Waals surface area contributed by atoms with Crippen LogP contribution in [-0.2, 0) is 16.1 Å². The second kappa shape index (κ2) is 8.37. The van der Waals surface area contributed by atoms with E-state index in [1.165, 1.54) is 25.7 Å². The molecular formula is C29H41N3O3. The summed E-state index contributed by atoms with van der Waals surface area (Å²) in [6.45, 7) is 5.62. The molecule has 2 heterocycles. The first kappa shape index (κ1) is 23.6. The zero-order valence-electron chi connectivity index (χ0n) is 21.6. The number of hydrogen-bond acceptors (Lipinski definition) is 5. The third-order valence-electron chi connectivity index (χ3n) is 11.1. The first-order chi connectivity index (χ1) is 16.8. The van der Waals surface area contributed by atoms with Gasteiger partial charge >= 0.3 is 0 Å². The summed E-state index contributed by atoms with van der Waals surface area (Å²) in [4.78, 5) is 18.0. The third kappa shape index (κ3) is 3.69. The highest BCUT2D eigenvalue weighted by molar-refractivity contribution is 5.83. The average Bonchev–Trinajstić information content (AvgIpc) is 3.39. The number of rotatable bonds is 5. The standard InChI is InChI=1S/C29H41N3O3/c1-27(34)12-13-29(18-35-3)20(15-27)6-7-21-22-8-9-24(28(22,2)11-10-23(21)29)25(33)17-32-16-19-5-4-14-30-26(19)31-32/h4-5,14,16,20-24,34H,6-13,15,17-18H2,1-3H3/t20-,21-,22-,23-,24+,27+,28-,29+/m0/s1. The predicted octanol–water partition coefficient (Wildman–Crippen LogP) is 5.04. The van der Waals surface area contributed by atoms with Crippen molar-refractivity contribution in [2.45, 2.75) is 83.8 Å². The lowest BCUT2D eigenvalue weighted by Crippen LogP contribution is -2.58. The minimum absolute atomic E-state index is 0.0876. The van der Waals surface area contributed by atoms with Crippen molar-refractivity contribution in [3.8, 4) is 0 Å². The molecule has 4 saturated carbocycles. The van der Waals surface area contributed by atoms with Crippen LogP contribution in [0, 0.1) is 40.4 Å². The van der Waals surface area contributed by atoms with E-state index in [0.29, 0.717) is 41.6 Å². The fourth-order valence-corrected chi connectivity index (χ4v) is 9.57. The number of ether oxygens (including phenoxy) is 1. The number of fused-ring (bicyclic) bond motifs is 6. The molecule has 0 amide bonds. The number of aromatic nitrogens is 3. The summed E-state index contributed by atoms with van der Waals surface area (Å²) < 4.78 is 7.70. The molecule has 190 valence electrons. The summed E-state index contributed by atoms with van der Waals surface area (Å²) >= 11 is 0. The summed E-state index contributed by atoms with van der Waals surface area (Å²) in [5.41, 5.74) is 0.467. The van der Waals surface area contributed by atoms with Crippen molar-refractivity contribution in [3.05, 3.63) is 24.5 Å². The summed E-state index contributed by atoms with van der Waals surface area (Å²) in [5, 5.41) is 16.4. The van der Waals surface area contributed by atoms with Crippen LogP contribution in [0.4, 0.5) is 0 Å². The zero-order valence-corrected chi connectivity index (χ0v) is 21.6. The molecule has 2 aromatic heterocycles. The number of Topliss-reactive ketones (excluding diaryl/α,β-unsaturated/α-hetero) is 1. The van der Waals surface area contributed by atoms with Crippen molar-refractivity contribution in [3.63, 3.8) is 0 Å². The molecule has 4 fully saturated rings. The molecule has 0 radical (unpaired) electrons. The minimum Gasteiger partial charge on any atom is -0.390 e. The Bertz CT molecular complexity index is 1080. The summed E-state index contributed by atoms with van der Waals surface area (Å²) in [6, 6.07) is 3.91. The lowest BCUT2D eigenvalue weighted by atomic mass is 9.43.